The van der Waals surface area contributed by atoms with Crippen molar-refractivity contribution in [2.24, 2.45) is 5.73 Å². The van der Waals surface area contributed by atoms with E-state index in [1.165, 1.54) is 7.11 Å². The molecular formula is C14H15N3O2. The van der Waals surface area contributed by atoms with E-state index in [1.807, 2.05) is 30.3 Å². The molecule has 0 bridgehead atoms. The van der Waals surface area contributed by atoms with Crippen molar-refractivity contribution in [3.8, 4) is 11.4 Å². The fourth-order valence-electron chi connectivity index (χ4n) is 1.69. The number of aromatic nitrogens is 2. The molecule has 0 saturated carbocycles. The zero-order valence-electron chi connectivity index (χ0n) is 10.6. The van der Waals surface area contributed by atoms with Gasteiger partial charge in [-0.25, -0.2) is 9.97 Å². The first-order valence-corrected chi connectivity index (χ1v) is 5.90. The molecule has 0 fully saturated rings. The van der Waals surface area contributed by atoms with Crippen molar-refractivity contribution < 1.29 is 9.53 Å². The Morgan fingerprint density at radius 2 is 1.89 bits per heavy atom. The molecule has 0 saturated heterocycles. The van der Waals surface area contributed by atoms with Gasteiger partial charge in [0.2, 0.25) is 0 Å². The molecule has 1 heterocycles. The lowest BCUT2D eigenvalue weighted by Crippen LogP contribution is -2.33. The van der Waals surface area contributed by atoms with E-state index in [1.54, 1.807) is 12.4 Å². The number of carbonyl (C=O) groups excluding carboxylic acids is 1. The van der Waals surface area contributed by atoms with Gasteiger partial charge in [0, 0.05) is 24.4 Å². The van der Waals surface area contributed by atoms with E-state index in [2.05, 4.69) is 14.7 Å². The van der Waals surface area contributed by atoms with Crippen LogP contribution in [-0.4, -0.2) is 29.1 Å². The molecule has 2 aromatic rings. The highest BCUT2D eigenvalue weighted by Gasteiger charge is 2.14. The van der Waals surface area contributed by atoms with E-state index in [0.717, 1.165) is 11.1 Å². The van der Waals surface area contributed by atoms with Gasteiger partial charge in [-0.05, 0) is 5.56 Å². The maximum Gasteiger partial charge on any atom is 0.322 e. The van der Waals surface area contributed by atoms with Gasteiger partial charge >= 0.3 is 5.97 Å². The lowest BCUT2D eigenvalue weighted by Gasteiger charge is -2.08. The molecule has 0 aliphatic rings. The topological polar surface area (TPSA) is 78.1 Å². The van der Waals surface area contributed by atoms with Crippen LogP contribution < -0.4 is 5.73 Å². The third kappa shape index (κ3) is 3.35. The third-order valence-electron chi connectivity index (χ3n) is 2.70. The van der Waals surface area contributed by atoms with Crippen LogP contribution in [0.15, 0.2) is 42.7 Å². The van der Waals surface area contributed by atoms with Crippen LogP contribution in [0.5, 0.6) is 0 Å². The summed E-state index contributed by atoms with van der Waals surface area (Å²) in [7, 11) is 1.32. The monoisotopic (exact) mass is 257 g/mol. The molecule has 1 atom stereocenters. The Labute approximate surface area is 111 Å². The highest BCUT2D eigenvalue weighted by atomic mass is 16.5. The zero-order chi connectivity index (χ0) is 13.7. The van der Waals surface area contributed by atoms with Crippen molar-refractivity contribution in [1.82, 2.24) is 9.97 Å². The van der Waals surface area contributed by atoms with Crippen molar-refractivity contribution in [1.29, 1.82) is 0 Å². The van der Waals surface area contributed by atoms with Crippen LogP contribution in [-0.2, 0) is 16.0 Å². The second-order valence-corrected chi connectivity index (χ2v) is 4.11. The number of hydrogen-bond donors (Lipinski definition) is 1. The summed E-state index contributed by atoms with van der Waals surface area (Å²) in [6, 6.07) is 8.99. The molecule has 5 nitrogen and oxygen atoms in total. The summed E-state index contributed by atoms with van der Waals surface area (Å²) in [5, 5.41) is 0. The number of nitrogens with zero attached hydrogens (tertiary/aromatic N) is 2. The summed E-state index contributed by atoms with van der Waals surface area (Å²) in [6.07, 6.45) is 3.72. The molecule has 1 aromatic carbocycles. The Balaban J connectivity index is 2.09. The van der Waals surface area contributed by atoms with Crippen LogP contribution in [0.2, 0.25) is 0 Å². The normalized spacial score (nSPS) is 11.9. The molecule has 0 aliphatic carbocycles. The Morgan fingerprint density at radius 1 is 1.26 bits per heavy atom. The Kier molecular flexibility index (Phi) is 4.20. The first kappa shape index (κ1) is 13.2. The van der Waals surface area contributed by atoms with Crippen molar-refractivity contribution in [2.75, 3.05) is 7.11 Å². The van der Waals surface area contributed by atoms with Gasteiger partial charge in [0.15, 0.2) is 5.82 Å². The van der Waals surface area contributed by atoms with E-state index in [0.29, 0.717) is 12.2 Å². The van der Waals surface area contributed by atoms with E-state index in [4.69, 9.17) is 5.73 Å². The molecule has 0 spiro atoms. The quantitative estimate of drug-likeness (QED) is 0.832. The van der Waals surface area contributed by atoms with Gasteiger partial charge in [0.05, 0.1) is 7.11 Å². The molecule has 2 rings (SSSR count). The number of rotatable bonds is 4. The van der Waals surface area contributed by atoms with Gasteiger partial charge in [-0.2, -0.15) is 0 Å². The second kappa shape index (κ2) is 6.06. The molecule has 0 amide bonds. The molecule has 98 valence electrons. The van der Waals surface area contributed by atoms with E-state index in [9.17, 15) is 4.79 Å². The first-order valence-electron chi connectivity index (χ1n) is 5.90. The number of esters is 1. The number of nitrogens with two attached hydrogens (primary N) is 1. The molecule has 0 unspecified atom stereocenters. The van der Waals surface area contributed by atoms with Crippen molar-refractivity contribution in [2.45, 2.75) is 12.5 Å². The van der Waals surface area contributed by atoms with Crippen LogP contribution >= 0.6 is 0 Å². The largest absolute Gasteiger partial charge is 0.468 e. The molecule has 0 radical (unpaired) electrons. The Bertz CT molecular complexity index is 540. The lowest BCUT2D eigenvalue weighted by atomic mass is 10.1. The van der Waals surface area contributed by atoms with Gasteiger partial charge in [0.25, 0.3) is 0 Å². The number of benzene rings is 1. The van der Waals surface area contributed by atoms with Crippen LogP contribution in [0.4, 0.5) is 0 Å². The van der Waals surface area contributed by atoms with Gasteiger partial charge < -0.3 is 10.5 Å². The number of ether oxygens (including phenoxy) is 1. The minimum absolute atomic E-state index is 0.363. The smallest absolute Gasteiger partial charge is 0.322 e. The predicted molar refractivity (Wildman–Crippen MR) is 71.2 cm³/mol. The molecule has 19 heavy (non-hydrogen) atoms. The van der Waals surface area contributed by atoms with Crippen LogP contribution in [0.3, 0.4) is 0 Å². The molecule has 1 aromatic heterocycles. The second-order valence-electron chi connectivity index (χ2n) is 4.11. The standard InChI is InChI=1S/C14H15N3O2/c1-19-14(18)12(15)7-10-8-16-13(17-9-10)11-5-3-2-4-6-11/h2-6,8-9,12H,7,15H2,1H3/t12-/m0/s1. The first-order chi connectivity index (χ1) is 9.20. The van der Waals surface area contributed by atoms with E-state index < -0.39 is 12.0 Å². The van der Waals surface area contributed by atoms with Gasteiger partial charge in [0.1, 0.15) is 6.04 Å². The lowest BCUT2D eigenvalue weighted by molar-refractivity contribution is -0.142. The highest BCUT2D eigenvalue weighted by Crippen LogP contribution is 2.13. The molecule has 0 aliphatic heterocycles. The van der Waals surface area contributed by atoms with E-state index >= 15 is 0 Å². The Morgan fingerprint density at radius 3 is 2.47 bits per heavy atom. The third-order valence-corrected chi connectivity index (χ3v) is 2.70. The number of hydrogen-bond acceptors (Lipinski definition) is 5. The van der Waals surface area contributed by atoms with Crippen LogP contribution in [0, 0.1) is 0 Å². The minimum Gasteiger partial charge on any atom is -0.468 e. The fraction of sp³-hybridized carbons (Fsp3) is 0.214. The van der Waals surface area contributed by atoms with Gasteiger partial charge in [-0.3, -0.25) is 4.79 Å². The fourth-order valence-corrected chi connectivity index (χ4v) is 1.69. The van der Waals surface area contributed by atoms with Crippen LogP contribution in [0.25, 0.3) is 11.4 Å². The SMILES string of the molecule is COC(=O)[C@@H](N)Cc1cnc(-c2ccccc2)nc1. The molecule has 2 N–H and O–H groups in total. The average molecular weight is 257 g/mol. The van der Waals surface area contributed by atoms with Crippen molar-refractivity contribution in [3.05, 3.63) is 48.3 Å². The summed E-state index contributed by atoms with van der Waals surface area (Å²) in [5.74, 6) is 0.211. The zero-order valence-corrected chi connectivity index (χ0v) is 10.6. The molecule has 5 heteroatoms. The summed E-state index contributed by atoms with van der Waals surface area (Å²) in [4.78, 5) is 19.8. The van der Waals surface area contributed by atoms with Gasteiger partial charge in [-0.15, -0.1) is 0 Å². The maximum absolute atomic E-state index is 11.2. The number of methoxy groups -OCH3 is 1. The number of carbonyl (C=O) groups is 1. The average Bonchev–Trinajstić information content (AvgIpc) is 2.48. The molecular weight excluding hydrogens is 242 g/mol. The summed E-state index contributed by atoms with van der Waals surface area (Å²) >= 11 is 0. The Hall–Kier alpha value is -2.27. The van der Waals surface area contributed by atoms with E-state index in [-0.39, 0.29) is 0 Å². The minimum atomic E-state index is -0.684. The maximum atomic E-state index is 11.2. The van der Waals surface area contributed by atoms with Crippen molar-refractivity contribution in [3.63, 3.8) is 0 Å². The van der Waals surface area contributed by atoms with Crippen molar-refractivity contribution >= 4 is 5.97 Å². The highest BCUT2D eigenvalue weighted by molar-refractivity contribution is 5.75. The summed E-state index contributed by atoms with van der Waals surface area (Å²) < 4.78 is 4.57. The van der Waals surface area contributed by atoms with Crippen LogP contribution in [0.1, 0.15) is 5.56 Å². The summed E-state index contributed by atoms with van der Waals surface area (Å²) in [5.41, 5.74) is 7.43. The predicted octanol–water partition coefficient (Wildman–Crippen LogP) is 1.19. The van der Waals surface area contributed by atoms with Gasteiger partial charge in [-0.1, -0.05) is 30.3 Å². The summed E-state index contributed by atoms with van der Waals surface area (Å²) in [6.45, 7) is 0.